The van der Waals surface area contributed by atoms with Crippen molar-refractivity contribution in [3.8, 4) is 0 Å². The molecule has 0 spiro atoms. The van der Waals surface area contributed by atoms with Crippen molar-refractivity contribution >= 4 is 5.91 Å². The Bertz CT molecular complexity index is 492. The third kappa shape index (κ3) is 2.66. The van der Waals surface area contributed by atoms with E-state index in [0.717, 1.165) is 37.1 Å². The smallest absolute Gasteiger partial charge is 0.241 e. The summed E-state index contributed by atoms with van der Waals surface area (Å²) >= 11 is 0. The molecule has 5 heteroatoms. The van der Waals surface area contributed by atoms with E-state index in [1.54, 1.807) is 6.20 Å². The summed E-state index contributed by atoms with van der Waals surface area (Å²) in [5.41, 5.74) is 1.83. The average molecular weight is 258 g/mol. The molecule has 0 radical (unpaired) electrons. The van der Waals surface area contributed by atoms with E-state index in [1.807, 2.05) is 0 Å². The molecule has 0 bridgehead atoms. The highest BCUT2D eigenvalue weighted by Gasteiger charge is 2.29. The molecule has 1 amide bonds. The first kappa shape index (κ1) is 12.3. The molecule has 0 fully saturated rings. The molecule has 0 aromatic carbocycles. The molecular weight excluding hydrogens is 240 g/mol. The average Bonchev–Trinajstić information content (AvgIpc) is 3.07. The van der Waals surface area contributed by atoms with Gasteiger partial charge in [0.2, 0.25) is 5.91 Å². The Balaban J connectivity index is 1.51. The SMILES string of the molecule is O=C(NCCC1CC=CC1)C1NCc2ncncc21. The molecule has 2 heterocycles. The predicted molar refractivity (Wildman–Crippen MR) is 71.1 cm³/mol. The van der Waals surface area contributed by atoms with Gasteiger partial charge in [-0.3, -0.25) is 10.1 Å². The molecule has 1 aliphatic heterocycles. The van der Waals surface area contributed by atoms with Crippen molar-refractivity contribution in [2.24, 2.45) is 5.92 Å². The van der Waals surface area contributed by atoms with Crippen LogP contribution >= 0.6 is 0 Å². The minimum atomic E-state index is -0.294. The molecule has 1 aliphatic carbocycles. The van der Waals surface area contributed by atoms with Gasteiger partial charge in [0.25, 0.3) is 0 Å². The summed E-state index contributed by atoms with van der Waals surface area (Å²) in [5.74, 6) is 0.729. The van der Waals surface area contributed by atoms with E-state index in [-0.39, 0.29) is 11.9 Å². The fourth-order valence-electron chi connectivity index (χ4n) is 2.71. The van der Waals surface area contributed by atoms with Crippen LogP contribution in [0.4, 0.5) is 0 Å². The highest BCUT2D eigenvalue weighted by molar-refractivity contribution is 5.84. The Kier molecular flexibility index (Phi) is 3.55. The van der Waals surface area contributed by atoms with Crippen LogP contribution in [0.5, 0.6) is 0 Å². The first-order valence-corrected chi connectivity index (χ1v) is 6.79. The van der Waals surface area contributed by atoms with Gasteiger partial charge in [-0.2, -0.15) is 0 Å². The second-order valence-corrected chi connectivity index (χ2v) is 5.13. The second-order valence-electron chi connectivity index (χ2n) is 5.13. The number of nitrogens with one attached hydrogen (secondary N) is 2. The van der Waals surface area contributed by atoms with Crippen LogP contribution in [0.2, 0.25) is 0 Å². The fraction of sp³-hybridized carbons (Fsp3) is 0.500. The van der Waals surface area contributed by atoms with Crippen LogP contribution < -0.4 is 10.6 Å². The molecule has 2 aliphatic rings. The maximum Gasteiger partial charge on any atom is 0.241 e. The van der Waals surface area contributed by atoms with Gasteiger partial charge < -0.3 is 5.32 Å². The number of rotatable bonds is 4. The number of aromatic nitrogens is 2. The molecule has 1 aromatic rings. The lowest BCUT2D eigenvalue weighted by atomic mass is 10.0. The second kappa shape index (κ2) is 5.48. The Morgan fingerprint density at radius 2 is 2.26 bits per heavy atom. The van der Waals surface area contributed by atoms with Gasteiger partial charge in [-0.25, -0.2) is 9.97 Å². The summed E-state index contributed by atoms with van der Waals surface area (Å²) < 4.78 is 0. The molecule has 2 N–H and O–H groups in total. The zero-order valence-electron chi connectivity index (χ0n) is 10.8. The number of hydrogen-bond donors (Lipinski definition) is 2. The van der Waals surface area contributed by atoms with Gasteiger partial charge in [-0.1, -0.05) is 12.2 Å². The van der Waals surface area contributed by atoms with Crippen molar-refractivity contribution in [3.63, 3.8) is 0 Å². The summed E-state index contributed by atoms with van der Waals surface area (Å²) in [6, 6.07) is -0.294. The standard InChI is InChI=1S/C14H18N4O/c19-14(16-6-5-10-3-1-2-4-10)13-11-7-15-9-18-12(11)8-17-13/h1-2,7,9-10,13,17H,3-6,8H2,(H,16,19). The minimum absolute atomic E-state index is 0.0273. The van der Waals surface area contributed by atoms with Crippen LogP contribution in [0, 0.1) is 5.92 Å². The van der Waals surface area contributed by atoms with Crippen LogP contribution in [0.3, 0.4) is 0 Å². The van der Waals surface area contributed by atoms with Crippen LogP contribution in [0.25, 0.3) is 0 Å². The van der Waals surface area contributed by atoms with Gasteiger partial charge in [0.05, 0.1) is 5.69 Å². The van der Waals surface area contributed by atoms with E-state index in [2.05, 4.69) is 32.8 Å². The third-order valence-electron chi connectivity index (χ3n) is 3.83. The molecule has 0 saturated heterocycles. The van der Waals surface area contributed by atoms with Gasteiger partial charge in [-0.15, -0.1) is 0 Å². The van der Waals surface area contributed by atoms with E-state index in [9.17, 15) is 4.79 Å². The summed E-state index contributed by atoms with van der Waals surface area (Å²) in [7, 11) is 0. The Hall–Kier alpha value is -1.75. The van der Waals surface area contributed by atoms with E-state index < -0.39 is 0 Å². The largest absolute Gasteiger partial charge is 0.354 e. The van der Waals surface area contributed by atoms with Crippen molar-refractivity contribution in [2.45, 2.75) is 31.8 Å². The van der Waals surface area contributed by atoms with Crippen molar-refractivity contribution < 1.29 is 4.79 Å². The number of amides is 1. The van der Waals surface area contributed by atoms with E-state index in [0.29, 0.717) is 12.5 Å². The lowest BCUT2D eigenvalue weighted by molar-refractivity contribution is -0.123. The van der Waals surface area contributed by atoms with Crippen LogP contribution in [0.1, 0.15) is 36.6 Å². The molecule has 1 aromatic heterocycles. The molecule has 3 rings (SSSR count). The highest BCUT2D eigenvalue weighted by atomic mass is 16.2. The summed E-state index contributed by atoms with van der Waals surface area (Å²) in [6.45, 7) is 1.38. The van der Waals surface area contributed by atoms with Crippen molar-refractivity contribution in [1.29, 1.82) is 0 Å². The van der Waals surface area contributed by atoms with Crippen molar-refractivity contribution in [2.75, 3.05) is 6.54 Å². The van der Waals surface area contributed by atoms with Crippen molar-refractivity contribution in [1.82, 2.24) is 20.6 Å². The maximum atomic E-state index is 12.1. The molecule has 0 saturated carbocycles. The summed E-state index contributed by atoms with van der Waals surface area (Å²) in [6.07, 6.45) is 11.0. The Labute approximate surface area is 112 Å². The van der Waals surface area contributed by atoms with Gasteiger partial charge in [0, 0.05) is 24.8 Å². The zero-order valence-corrected chi connectivity index (χ0v) is 10.8. The normalized spacial score (nSPS) is 21.6. The number of carbonyl (C=O) groups excluding carboxylic acids is 1. The minimum Gasteiger partial charge on any atom is -0.354 e. The maximum absolute atomic E-state index is 12.1. The quantitative estimate of drug-likeness (QED) is 0.793. The lowest BCUT2D eigenvalue weighted by Gasteiger charge is -2.14. The highest BCUT2D eigenvalue weighted by Crippen LogP contribution is 2.23. The Morgan fingerprint density at radius 3 is 3.11 bits per heavy atom. The molecule has 1 unspecified atom stereocenters. The van der Waals surface area contributed by atoms with E-state index in [1.165, 1.54) is 6.33 Å². The number of carbonyl (C=O) groups is 1. The molecule has 5 nitrogen and oxygen atoms in total. The van der Waals surface area contributed by atoms with E-state index in [4.69, 9.17) is 0 Å². The van der Waals surface area contributed by atoms with Gasteiger partial charge in [0.15, 0.2) is 0 Å². The fourth-order valence-corrected chi connectivity index (χ4v) is 2.71. The predicted octanol–water partition coefficient (Wildman–Crippen LogP) is 1.09. The summed E-state index contributed by atoms with van der Waals surface area (Å²) in [4.78, 5) is 20.3. The first-order chi connectivity index (χ1) is 9.34. The van der Waals surface area contributed by atoms with Gasteiger partial charge >= 0.3 is 0 Å². The first-order valence-electron chi connectivity index (χ1n) is 6.79. The molecular formula is C14H18N4O. The summed E-state index contributed by atoms with van der Waals surface area (Å²) in [5, 5.41) is 6.18. The van der Waals surface area contributed by atoms with Gasteiger partial charge in [0.1, 0.15) is 12.4 Å². The van der Waals surface area contributed by atoms with E-state index >= 15 is 0 Å². The van der Waals surface area contributed by atoms with Crippen LogP contribution in [-0.2, 0) is 11.3 Å². The molecule has 100 valence electrons. The Morgan fingerprint density at radius 1 is 1.42 bits per heavy atom. The van der Waals surface area contributed by atoms with Crippen LogP contribution in [-0.4, -0.2) is 22.4 Å². The molecule has 19 heavy (non-hydrogen) atoms. The third-order valence-corrected chi connectivity index (χ3v) is 3.83. The molecule has 1 atom stereocenters. The number of nitrogens with zero attached hydrogens (tertiary/aromatic N) is 2. The number of hydrogen-bond acceptors (Lipinski definition) is 4. The lowest BCUT2D eigenvalue weighted by Crippen LogP contribution is -2.35. The van der Waals surface area contributed by atoms with Crippen molar-refractivity contribution in [3.05, 3.63) is 35.9 Å². The number of allylic oxidation sites excluding steroid dienone is 2. The van der Waals surface area contributed by atoms with Crippen LogP contribution in [0.15, 0.2) is 24.7 Å². The monoisotopic (exact) mass is 258 g/mol. The zero-order chi connectivity index (χ0) is 13.1. The topological polar surface area (TPSA) is 66.9 Å². The van der Waals surface area contributed by atoms with Gasteiger partial charge in [-0.05, 0) is 25.2 Å². The number of fused-ring (bicyclic) bond motifs is 1.